The Morgan fingerprint density at radius 3 is 2.67 bits per heavy atom. The number of hydrogen-bond donors (Lipinski definition) is 0. The first-order chi connectivity index (χ1) is 11.3. The van der Waals surface area contributed by atoms with Crippen LogP contribution in [0.2, 0.25) is 0 Å². The number of methoxy groups -OCH3 is 1. The van der Waals surface area contributed by atoms with Crippen molar-refractivity contribution in [1.82, 2.24) is 4.90 Å². The Morgan fingerprint density at radius 1 is 1.42 bits per heavy atom. The van der Waals surface area contributed by atoms with Crippen molar-refractivity contribution in [2.45, 2.75) is 37.9 Å². The maximum atomic E-state index is 13.0. The van der Waals surface area contributed by atoms with E-state index in [2.05, 4.69) is 6.07 Å². The summed E-state index contributed by atoms with van der Waals surface area (Å²) in [5.74, 6) is 0.0569. The summed E-state index contributed by atoms with van der Waals surface area (Å²) in [4.78, 5) is 14.2. The summed E-state index contributed by atoms with van der Waals surface area (Å²) in [5.41, 5.74) is -1.39. The number of hydrogen-bond acceptors (Lipinski definition) is 3. The molecule has 0 N–H and O–H groups in total. The molecule has 2 aliphatic rings. The molecule has 2 fully saturated rings. The van der Waals surface area contributed by atoms with E-state index < -0.39 is 23.2 Å². The topological polar surface area (TPSA) is 53.3 Å². The van der Waals surface area contributed by atoms with E-state index in [1.165, 1.54) is 13.2 Å². The summed E-state index contributed by atoms with van der Waals surface area (Å²) < 4.78 is 44.3. The second kappa shape index (κ2) is 5.69. The molecule has 1 atom stereocenters. The summed E-state index contributed by atoms with van der Waals surface area (Å²) in [6, 6.07) is 4.90. The molecular formula is C17H17F3N2O2. The van der Waals surface area contributed by atoms with Crippen LogP contribution in [0.25, 0.3) is 0 Å². The number of alkyl halides is 3. The Kier molecular flexibility index (Phi) is 3.94. The van der Waals surface area contributed by atoms with Gasteiger partial charge in [-0.15, -0.1) is 0 Å². The Balaban J connectivity index is 1.98. The highest BCUT2D eigenvalue weighted by Gasteiger charge is 2.54. The van der Waals surface area contributed by atoms with Crippen LogP contribution in [-0.2, 0) is 11.0 Å². The summed E-state index contributed by atoms with van der Waals surface area (Å²) in [6.45, 7) is 0.451. The van der Waals surface area contributed by atoms with Gasteiger partial charge in [0, 0.05) is 12.1 Å². The van der Waals surface area contributed by atoms with Gasteiger partial charge in [0.05, 0.1) is 24.8 Å². The first-order valence-electron chi connectivity index (χ1n) is 7.80. The van der Waals surface area contributed by atoms with Crippen molar-refractivity contribution in [2.24, 2.45) is 5.41 Å². The van der Waals surface area contributed by atoms with Crippen molar-refractivity contribution in [1.29, 1.82) is 5.26 Å². The summed E-state index contributed by atoms with van der Waals surface area (Å²) in [6.07, 6.45) is -2.17. The minimum Gasteiger partial charge on any atom is -0.496 e. The number of likely N-dealkylation sites (tertiary alicyclic amines) is 1. The van der Waals surface area contributed by atoms with Gasteiger partial charge >= 0.3 is 6.18 Å². The van der Waals surface area contributed by atoms with Gasteiger partial charge in [-0.1, -0.05) is 0 Å². The fourth-order valence-corrected chi connectivity index (χ4v) is 3.28. The number of nitrogens with zero attached hydrogens (tertiary/aromatic N) is 2. The van der Waals surface area contributed by atoms with Crippen LogP contribution in [0.1, 0.15) is 42.9 Å². The molecule has 1 heterocycles. The summed E-state index contributed by atoms with van der Waals surface area (Å²) in [7, 11) is 1.39. The zero-order valence-electron chi connectivity index (χ0n) is 13.2. The molecule has 1 amide bonds. The minimum atomic E-state index is -4.46. The van der Waals surface area contributed by atoms with Gasteiger partial charge in [0.25, 0.3) is 0 Å². The smallest absolute Gasteiger partial charge is 0.416 e. The van der Waals surface area contributed by atoms with Gasteiger partial charge in [0.15, 0.2) is 0 Å². The monoisotopic (exact) mass is 338 g/mol. The molecule has 1 aliphatic carbocycles. The lowest BCUT2D eigenvalue weighted by atomic mass is 9.98. The number of amides is 1. The number of nitriles is 1. The molecule has 0 aromatic heterocycles. The van der Waals surface area contributed by atoms with Crippen LogP contribution in [0.15, 0.2) is 18.2 Å². The van der Waals surface area contributed by atoms with Gasteiger partial charge in [-0.25, -0.2) is 0 Å². The molecule has 0 radical (unpaired) electrons. The maximum Gasteiger partial charge on any atom is 0.416 e. The van der Waals surface area contributed by atoms with Crippen molar-refractivity contribution < 1.29 is 22.7 Å². The van der Waals surface area contributed by atoms with Crippen LogP contribution in [0, 0.1) is 16.7 Å². The molecule has 1 saturated heterocycles. The molecule has 3 rings (SSSR count). The SMILES string of the molecule is COc1ccc(C(F)(F)F)cc1C1CCCN1C(=O)C1(C#N)CC1. The first kappa shape index (κ1) is 16.6. The average Bonchev–Trinajstić information content (AvgIpc) is 3.21. The van der Waals surface area contributed by atoms with Crippen LogP contribution in [-0.4, -0.2) is 24.5 Å². The van der Waals surface area contributed by atoms with Gasteiger partial charge in [0.1, 0.15) is 11.2 Å². The molecular weight excluding hydrogens is 321 g/mol. The largest absolute Gasteiger partial charge is 0.496 e. The van der Waals surface area contributed by atoms with Crippen molar-refractivity contribution >= 4 is 5.91 Å². The maximum absolute atomic E-state index is 13.0. The quantitative estimate of drug-likeness (QED) is 0.845. The fourth-order valence-electron chi connectivity index (χ4n) is 3.28. The first-order valence-corrected chi connectivity index (χ1v) is 7.80. The second-order valence-electron chi connectivity index (χ2n) is 6.30. The summed E-state index contributed by atoms with van der Waals surface area (Å²) in [5, 5.41) is 9.22. The minimum absolute atomic E-state index is 0.271. The Hall–Kier alpha value is -2.23. The van der Waals surface area contributed by atoms with Gasteiger partial charge in [-0.2, -0.15) is 18.4 Å². The summed E-state index contributed by atoms with van der Waals surface area (Å²) >= 11 is 0. The third kappa shape index (κ3) is 2.70. The van der Waals surface area contributed by atoms with E-state index in [1.54, 1.807) is 4.90 Å². The van der Waals surface area contributed by atoms with E-state index in [4.69, 9.17) is 4.74 Å². The van der Waals surface area contributed by atoms with Gasteiger partial charge in [0.2, 0.25) is 5.91 Å². The molecule has 4 nitrogen and oxygen atoms in total. The van der Waals surface area contributed by atoms with Gasteiger partial charge in [-0.3, -0.25) is 4.79 Å². The van der Waals surface area contributed by atoms with E-state index in [0.29, 0.717) is 43.5 Å². The number of halogens is 3. The van der Waals surface area contributed by atoms with Crippen LogP contribution >= 0.6 is 0 Å². The van der Waals surface area contributed by atoms with Crippen LogP contribution < -0.4 is 4.74 Å². The third-order valence-corrected chi connectivity index (χ3v) is 4.80. The average molecular weight is 338 g/mol. The van der Waals surface area contributed by atoms with Gasteiger partial charge < -0.3 is 9.64 Å². The third-order valence-electron chi connectivity index (χ3n) is 4.80. The van der Waals surface area contributed by atoms with Crippen molar-refractivity contribution in [2.75, 3.05) is 13.7 Å². The van der Waals surface area contributed by atoms with E-state index in [1.807, 2.05) is 0 Å². The predicted molar refractivity (Wildman–Crippen MR) is 79.0 cm³/mol. The highest BCUT2D eigenvalue weighted by Crippen LogP contribution is 2.50. The highest BCUT2D eigenvalue weighted by atomic mass is 19.4. The Morgan fingerprint density at radius 2 is 2.12 bits per heavy atom. The highest BCUT2D eigenvalue weighted by molar-refractivity contribution is 5.89. The molecule has 1 aromatic rings. The molecule has 7 heteroatoms. The molecule has 1 aliphatic heterocycles. The number of rotatable bonds is 3. The Bertz CT molecular complexity index is 705. The molecule has 1 aromatic carbocycles. The second-order valence-corrected chi connectivity index (χ2v) is 6.30. The van der Waals surface area contributed by atoms with Crippen LogP contribution in [0.4, 0.5) is 13.2 Å². The normalized spacial score (nSPS) is 22.1. The van der Waals surface area contributed by atoms with E-state index in [0.717, 1.165) is 12.1 Å². The van der Waals surface area contributed by atoms with E-state index in [9.17, 15) is 23.2 Å². The lowest BCUT2D eigenvalue weighted by Gasteiger charge is -2.28. The Labute approximate surface area is 137 Å². The van der Waals surface area contributed by atoms with Crippen molar-refractivity contribution in [3.05, 3.63) is 29.3 Å². The standard InChI is InChI=1S/C17H17F3N2O2/c1-24-14-5-4-11(17(18,19)20)9-12(14)13-3-2-8-22(13)15(23)16(10-21)6-7-16/h4-5,9,13H,2-3,6-8H2,1H3. The van der Waals surface area contributed by atoms with Crippen molar-refractivity contribution in [3.63, 3.8) is 0 Å². The molecule has 0 spiro atoms. The molecule has 1 unspecified atom stereocenters. The van der Waals surface area contributed by atoms with E-state index in [-0.39, 0.29) is 5.91 Å². The van der Waals surface area contributed by atoms with Crippen LogP contribution in [0.3, 0.4) is 0 Å². The fraction of sp³-hybridized carbons (Fsp3) is 0.529. The molecule has 0 bridgehead atoms. The number of carbonyl (C=O) groups excluding carboxylic acids is 1. The van der Waals surface area contributed by atoms with Crippen molar-refractivity contribution in [3.8, 4) is 11.8 Å². The molecule has 24 heavy (non-hydrogen) atoms. The van der Waals surface area contributed by atoms with Gasteiger partial charge in [-0.05, 0) is 43.9 Å². The number of ether oxygens (including phenoxy) is 1. The zero-order chi connectivity index (χ0) is 17.5. The van der Waals surface area contributed by atoms with Crippen LogP contribution in [0.5, 0.6) is 5.75 Å². The lowest BCUT2D eigenvalue weighted by Crippen LogP contribution is -2.36. The number of carbonyl (C=O) groups is 1. The van der Waals surface area contributed by atoms with E-state index >= 15 is 0 Å². The zero-order valence-corrected chi connectivity index (χ0v) is 13.2. The number of benzene rings is 1. The predicted octanol–water partition coefficient (Wildman–Crippen LogP) is 3.68. The lowest BCUT2D eigenvalue weighted by molar-refractivity contribution is -0.137. The molecule has 1 saturated carbocycles. The molecule has 128 valence electrons.